The van der Waals surface area contributed by atoms with Crippen LogP contribution in [0.1, 0.15) is 43.4 Å². The number of aliphatic hydroxyl groups is 1. The molecule has 0 aliphatic carbocycles. The van der Waals surface area contributed by atoms with Crippen LogP contribution in [-0.2, 0) is 4.79 Å². The monoisotopic (exact) mass is 219 g/mol. The molecule has 3 heteroatoms. The van der Waals surface area contributed by atoms with Crippen LogP contribution in [-0.4, -0.2) is 18.1 Å². The molecule has 2 unspecified atom stereocenters. The average Bonchev–Trinajstić information content (AvgIpc) is 2.51. The number of hydrogen-bond donors (Lipinski definition) is 1. The average molecular weight is 219 g/mol. The van der Waals surface area contributed by atoms with E-state index in [4.69, 9.17) is 0 Å². The highest BCUT2D eigenvalue weighted by molar-refractivity contribution is 6.04. The van der Waals surface area contributed by atoms with Crippen LogP contribution in [0.3, 0.4) is 0 Å². The van der Waals surface area contributed by atoms with Gasteiger partial charge in [-0.25, -0.2) is 0 Å². The Morgan fingerprint density at radius 2 is 2.19 bits per heavy atom. The van der Waals surface area contributed by atoms with E-state index in [1.165, 1.54) is 0 Å². The number of carbonyl (C=O) groups is 1. The zero-order valence-corrected chi connectivity index (χ0v) is 9.90. The Morgan fingerprint density at radius 3 is 2.75 bits per heavy atom. The van der Waals surface area contributed by atoms with Gasteiger partial charge in [-0.15, -0.1) is 0 Å². The van der Waals surface area contributed by atoms with Gasteiger partial charge in [-0.2, -0.15) is 0 Å². The van der Waals surface area contributed by atoms with Crippen LogP contribution in [0.2, 0.25) is 0 Å². The van der Waals surface area contributed by atoms with Crippen LogP contribution in [0.4, 0.5) is 5.69 Å². The van der Waals surface area contributed by atoms with Gasteiger partial charge in [-0.05, 0) is 30.5 Å². The van der Waals surface area contributed by atoms with Gasteiger partial charge in [0.1, 0.15) is 0 Å². The number of nitrogens with zero attached hydrogens (tertiary/aromatic N) is 1. The van der Waals surface area contributed by atoms with Gasteiger partial charge < -0.3 is 10.0 Å². The molecule has 0 spiro atoms. The van der Waals surface area contributed by atoms with Crippen molar-refractivity contribution >= 4 is 11.6 Å². The molecular weight excluding hydrogens is 202 g/mol. The van der Waals surface area contributed by atoms with Crippen molar-refractivity contribution in [3.8, 4) is 0 Å². The van der Waals surface area contributed by atoms with Crippen LogP contribution in [0.15, 0.2) is 18.2 Å². The molecule has 0 saturated heterocycles. The number of benzene rings is 1. The maximum Gasteiger partial charge on any atom is 0.234 e. The largest absolute Gasteiger partial charge is 0.389 e. The molecule has 0 bridgehead atoms. The van der Waals surface area contributed by atoms with Crippen molar-refractivity contribution in [2.24, 2.45) is 0 Å². The number of carbonyl (C=O) groups excluding carboxylic acids is 1. The lowest BCUT2D eigenvalue weighted by Crippen LogP contribution is -2.23. The first-order valence-electron chi connectivity index (χ1n) is 5.65. The molecule has 0 radical (unpaired) electrons. The number of fused-ring (bicyclic) bond motifs is 1. The summed E-state index contributed by atoms with van der Waals surface area (Å²) in [4.78, 5) is 13.6. The molecule has 0 saturated carbocycles. The highest BCUT2D eigenvalue weighted by Gasteiger charge is 2.33. The number of aliphatic hydroxyl groups excluding tert-OH is 1. The van der Waals surface area contributed by atoms with Crippen LogP contribution >= 0.6 is 0 Å². The molecule has 1 N–H and O–H groups in total. The fourth-order valence-corrected chi connectivity index (χ4v) is 2.30. The first-order valence-corrected chi connectivity index (χ1v) is 5.65. The second-order valence-corrected chi connectivity index (χ2v) is 4.35. The normalized spacial score (nSPS) is 21.1. The summed E-state index contributed by atoms with van der Waals surface area (Å²) in [7, 11) is 1.80. The second kappa shape index (κ2) is 3.91. The van der Waals surface area contributed by atoms with E-state index in [-0.39, 0.29) is 11.8 Å². The van der Waals surface area contributed by atoms with Gasteiger partial charge in [0.2, 0.25) is 5.91 Å². The molecule has 1 aromatic carbocycles. The third-order valence-corrected chi connectivity index (χ3v) is 3.31. The van der Waals surface area contributed by atoms with Crippen molar-refractivity contribution in [3.05, 3.63) is 29.3 Å². The van der Waals surface area contributed by atoms with Gasteiger partial charge in [0.25, 0.3) is 0 Å². The number of hydrogen-bond acceptors (Lipinski definition) is 2. The van der Waals surface area contributed by atoms with Crippen molar-refractivity contribution < 1.29 is 9.90 Å². The molecule has 16 heavy (non-hydrogen) atoms. The van der Waals surface area contributed by atoms with Crippen molar-refractivity contribution in [2.45, 2.75) is 32.3 Å². The zero-order chi connectivity index (χ0) is 11.9. The van der Waals surface area contributed by atoms with E-state index in [2.05, 4.69) is 0 Å². The van der Waals surface area contributed by atoms with Gasteiger partial charge in [0.05, 0.1) is 12.0 Å². The summed E-state index contributed by atoms with van der Waals surface area (Å²) >= 11 is 0. The Morgan fingerprint density at radius 1 is 1.50 bits per heavy atom. The molecule has 2 atom stereocenters. The third-order valence-electron chi connectivity index (χ3n) is 3.31. The maximum atomic E-state index is 11.9. The second-order valence-electron chi connectivity index (χ2n) is 4.35. The molecule has 1 aliphatic rings. The molecule has 1 aliphatic heterocycles. The predicted molar refractivity (Wildman–Crippen MR) is 63.5 cm³/mol. The molecule has 0 fully saturated rings. The lowest BCUT2D eigenvalue weighted by Gasteiger charge is -2.11. The van der Waals surface area contributed by atoms with E-state index in [0.29, 0.717) is 0 Å². The highest BCUT2D eigenvalue weighted by Crippen LogP contribution is 2.39. The number of likely N-dealkylation sites (N-methyl/N-ethyl adjacent to an activating group) is 1. The minimum atomic E-state index is -0.483. The standard InChI is InChI=1S/C13H17NO2/c1-4-10-11-7-9(8(2)15)5-6-12(11)14(3)13(10)16/h5-8,10,15H,4H2,1-3H3. The molecule has 1 heterocycles. The fourth-order valence-electron chi connectivity index (χ4n) is 2.30. The Bertz CT molecular complexity index is 426. The minimum absolute atomic E-state index is 0.0429. The summed E-state index contributed by atoms with van der Waals surface area (Å²) in [5.74, 6) is 0.110. The molecule has 3 nitrogen and oxygen atoms in total. The molecule has 86 valence electrons. The predicted octanol–water partition coefficient (Wildman–Crippen LogP) is 2.21. The molecule has 2 rings (SSSR count). The quantitative estimate of drug-likeness (QED) is 0.828. The summed E-state index contributed by atoms with van der Waals surface area (Å²) in [5.41, 5.74) is 2.90. The van der Waals surface area contributed by atoms with Gasteiger partial charge in [0, 0.05) is 12.7 Å². The first-order chi connectivity index (χ1) is 7.56. The van der Waals surface area contributed by atoms with Crippen LogP contribution in [0.5, 0.6) is 0 Å². The van der Waals surface area contributed by atoms with E-state index >= 15 is 0 Å². The number of rotatable bonds is 2. The third kappa shape index (κ3) is 1.52. The van der Waals surface area contributed by atoms with Gasteiger partial charge >= 0.3 is 0 Å². The summed E-state index contributed by atoms with van der Waals surface area (Å²) in [6, 6.07) is 5.76. The molecule has 1 amide bonds. The van der Waals surface area contributed by atoms with Gasteiger partial charge in [-0.3, -0.25) is 4.79 Å². The topological polar surface area (TPSA) is 40.5 Å². The molecular formula is C13H17NO2. The Labute approximate surface area is 95.7 Å². The first kappa shape index (κ1) is 11.1. The van der Waals surface area contributed by atoms with E-state index in [1.807, 2.05) is 25.1 Å². The maximum absolute atomic E-state index is 11.9. The number of amides is 1. The van der Waals surface area contributed by atoms with E-state index in [0.717, 1.165) is 23.2 Å². The summed E-state index contributed by atoms with van der Waals surface area (Å²) in [6.45, 7) is 3.75. The van der Waals surface area contributed by atoms with Crippen LogP contribution < -0.4 is 4.90 Å². The lowest BCUT2D eigenvalue weighted by molar-refractivity contribution is -0.119. The minimum Gasteiger partial charge on any atom is -0.389 e. The van der Waals surface area contributed by atoms with Gasteiger partial charge in [0.15, 0.2) is 0 Å². The smallest absolute Gasteiger partial charge is 0.234 e. The molecule has 1 aromatic rings. The van der Waals surface area contributed by atoms with Crippen molar-refractivity contribution in [1.29, 1.82) is 0 Å². The van der Waals surface area contributed by atoms with E-state index < -0.39 is 6.10 Å². The summed E-state index contributed by atoms with van der Waals surface area (Å²) in [6.07, 6.45) is 0.322. The Kier molecular flexibility index (Phi) is 2.72. The van der Waals surface area contributed by atoms with Crippen molar-refractivity contribution in [1.82, 2.24) is 0 Å². The zero-order valence-electron chi connectivity index (χ0n) is 9.90. The lowest BCUT2D eigenvalue weighted by atomic mass is 9.95. The van der Waals surface area contributed by atoms with Crippen LogP contribution in [0, 0.1) is 0 Å². The van der Waals surface area contributed by atoms with Crippen LogP contribution in [0.25, 0.3) is 0 Å². The SMILES string of the molecule is CCC1C(=O)N(C)c2ccc(C(C)O)cc21. The summed E-state index contributed by atoms with van der Waals surface area (Å²) in [5, 5.41) is 9.55. The Balaban J connectivity index is 2.51. The van der Waals surface area contributed by atoms with Crippen molar-refractivity contribution in [2.75, 3.05) is 11.9 Å². The summed E-state index contributed by atoms with van der Waals surface area (Å²) < 4.78 is 0. The van der Waals surface area contributed by atoms with E-state index in [9.17, 15) is 9.90 Å². The fraction of sp³-hybridized carbons (Fsp3) is 0.462. The number of anilines is 1. The Hall–Kier alpha value is -1.35. The molecule has 0 aromatic heterocycles. The highest BCUT2D eigenvalue weighted by atomic mass is 16.3. The van der Waals surface area contributed by atoms with E-state index in [1.54, 1.807) is 18.9 Å². The van der Waals surface area contributed by atoms with Crippen molar-refractivity contribution in [3.63, 3.8) is 0 Å². The van der Waals surface area contributed by atoms with Gasteiger partial charge in [-0.1, -0.05) is 19.1 Å².